The van der Waals surface area contributed by atoms with Gasteiger partial charge in [-0.05, 0) is 20.8 Å². The molecule has 92 valence electrons. The molecule has 0 aromatic carbocycles. The Morgan fingerprint density at radius 2 is 1.81 bits per heavy atom. The number of thioether (sulfide) groups is 1. The molecule has 0 N–H and O–H groups in total. The zero-order valence-electron chi connectivity index (χ0n) is 9.82. The Balaban J connectivity index is 3.76. The summed E-state index contributed by atoms with van der Waals surface area (Å²) in [6, 6.07) is 0. The Kier molecular flexibility index (Phi) is 8.61. The van der Waals surface area contributed by atoms with Gasteiger partial charge in [-0.2, -0.15) is 4.99 Å². The number of ether oxygens (including phenoxy) is 2. The Bertz CT molecular complexity index is 266. The van der Waals surface area contributed by atoms with Crippen molar-refractivity contribution in [1.82, 2.24) is 0 Å². The van der Waals surface area contributed by atoms with Gasteiger partial charge in [-0.1, -0.05) is 0 Å². The highest BCUT2D eigenvalue weighted by molar-refractivity contribution is 8.13. The molecule has 0 aliphatic carbocycles. The van der Waals surface area contributed by atoms with Crippen LogP contribution >= 0.6 is 11.8 Å². The van der Waals surface area contributed by atoms with Gasteiger partial charge in [0.2, 0.25) is 0 Å². The van der Waals surface area contributed by atoms with Gasteiger partial charge >= 0.3 is 12.1 Å². The van der Waals surface area contributed by atoms with Crippen molar-refractivity contribution in [2.45, 2.75) is 27.2 Å². The monoisotopic (exact) mass is 247 g/mol. The van der Waals surface area contributed by atoms with Crippen molar-refractivity contribution in [2.24, 2.45) is 4.99 Å². The molecule has 0 rings (SSSR count). The zero-order valence-corrected chi connectivity index (χ0v) is 10.6. The summed E-state index contributed by atoms with van der Waals surface area (Å²) in [5.41, 5.74) is 0. The van der Waals surface area contributed by atoms with E-state index in [4.69, 9.17) is 4.74 Å². The van der Waals surface area contributed by atoms with E-state index in [1.54, 1.807) is 20.8 Å². The molecule has 1 amide bonds. The molecule has 0 aromatic rings. The van der Waals surface area contributed by atoms with Crippen LogP contribution in [-0.2, 0) is 14.3 Å². The normalized spacial score (nSPS) is 11.1. The fourth-order valence-corrected chi connectivity index (χ4v) is 1.54. The number of carbonyl (C=O) groups excluding carboxylic acids is 2. The summed E-state index contributed by atoms with van der Waals surface area (Å²) in [6.07, 6.45) is -0.280. The summed E-state index contributed by atoms with van der Waals surface area (Å²) < 4.78 is 9.41. The molecule has 0 unspecified atom stereocenters. The summed E-state index contributed by atoms with van der Waals surface area (Å²) in [5.74, 6) is 0.312. The van der Waals surface area contributed by atoms with Crippen molar-refractivity contribution in [1.29, 1.82) is 0 Å². The molecule has 0 radical (unpaired) electrons. The lowest BCUT2D eigenvalue weighted by Crippen LogP contribution is -2.06. The number of hydrogen-bond donors (Lipinski definition) is 0. The molecule has 0 aliphatic heterocycles. The van der Waals surface area contributed by atoms with Gasteiger partial charge in [0.05, 0.1) is 24.7 Å². The van der Waals surface area contributed by atoms with Crippen molar-refractivity contribution < 1.29 is 19.1 Å². The van der Waals surface area contributed by atoms with Crippen LogP contribution in [0.1, 0.15) is 27.2 Å². The predicted molar refractivity (Wildman–Crippen MR) is 63.8 cm³/mol. The Hall–Kier alpha value is -1.04. The SMILES string of the molecule is CCOC(=O)CCS/C(C)=N/C(=O)OCC. The first kappa shape index (κ1) is 15.0. The van der Waals surface area contributed by atoms with Crippen LogP contribution in [0.5, 0.6) is 0 Å². The van der Waals surface area contributed by atoms with Gasteiger partial charge in [0.15, 0.2) is 0 Å². The van der Waals surface area contributed by atoms with Crippen LogP contribution in [0, 0.1) is 0 Å². The largest absolute Gasteiger partial charge is 0.466 e. The number of aliphatic imine (C=N–C) groups is 1. The lowest BCUT2D eigenvalue weighted by Gasteiger charge is -2.01. The minimum atomic E-state index is -0.594. The third-order valence-electron chi connectivity index (χ3n) is 1.44. The second kappa shape index (κ2) is 9.21. The maximum atomic E-state index is 11.0. The van der Waals surface area contributed by atoms with Crippen molar-refractivity contribution in [3.05, 3.63) is 0 Å². The average molecular weight is 247 g/mol. The average Bonchev–Trinajstić information content (AvgIpc) is 2.18. The lowest BCUT2D eigenvalue weighted by atomic mass is 10.5. The summed E-state index contributed by atoms with van der Waals surface area (Å²) in [5, 5.41) is 0.586. The van der Waals surface area contributed by atoms with E-state index < -0.39 is 6.09 Å². The predicted octanol–water partition coefficient (Wildman–Crippen LogP) is 2.25. The second-order valence-electron chi connectivity index (χ2n) is 2.73. The Morgan fingerprint density at radius 3 is 2.38 bits per heavy atom. The molecule has 5 nitrogen and oxygen atoms in total. The van der Waals surface area contributed by atoms with Gasteiger partial charge in [0.25, 0.3) is 0 Å². The highest BCUT2D eigenvalue weighted by atomic mass is 32.2. The molecule has 0 heterocycles. The van der Waals surface area contributed by atoms with Crippen LogP contribution in [0.25, 0.3) is 0 Å². The van der Waals surface area contributed by atoms with Gasteiger partial charge in [-0.15, -0.1) is 11.8 Å². The topological polar surface area (TPSA) is 65.0 Å². The molecular weight excluding hydrogens is 230 g/mol. The maximum absolute atomic E-state index is 11.0. The van der Waals surface area contributed by atoms with E-state index in [-0.39, 0.29) is 5.97 Å². The third-order valence-corrected chi connectivity index (χ3v) is 2.36. The molecule has 6 heteroatoms. The van der Waals surface area contributed by atoms with Crippen molar-refractivity contribution in [3.63, 3.8) is 0 Å². The molecule has 0 saturated carbocycles. The van der Waals surface area contributed by atoms with Crippen LogP contribution in [0.3, 0.4) is 0 Å². The summed E-state index contributed by atoms with van der Waals surface area (Å²) in [6.45, 7) is 5.88. The molecule has 0 aromatic heterocycles. The van der Waals surface area contributed by atoms with Gasteiger partial charge in [0.1, 0.15) is 0 Å². The minimum Gasteiger partial charge on any atom is -0.466 e. The van der Waals surface area contributed by atoms with Crippen LogP contribution < -0.4 is 0 Å². The highest BCUT2D eigenvalue weighted by Crippen LogP contribution is 2.07. The van der Waals surface area contributed by atoms with Crippen molar-refractivity contribution >= 4 is 28.9 Å². The van der Waals surface area contributed by atoms with Gasteiger partial charge in [0, 0.05) is 5.75 Å². The molecule has 0 saturated heterocycles. The molecule has 0 bridgehead atoms. The van der Waals surface area contributed by atoms with Gasteiger partial charge in [-0.25, -0.2) is 4.79 Å². The van der Waals surface area contributed by atoms with E-state index in [0.717, 1.165) is 0 Å². The number of esters is 1. The third kappa shape index (κ3) is 8.28. The minimum absolute atomic E-state index is 0.237. The van der Waals surface area contributed by atoms with E-state index in [1.807, 2.05) is 0 Å². The molecule has 0 fully saturated rings. The van der Waals surface area contributed by atoms with Crippen LogP contribution in [0.2, 0.25) is 0 Å². The van der Waals surface area contributed by atoms with E-state index in [1.165, 1.54) is 11.8 Å². The molecule has 0 spiro atoms. The Labute approximate surface area is 99.6 Å². The molecular formula is C10H17NO4S. The van der Waals surface area contributed by atoms with Crippen LogP contribution in [0.15, 0.2) is 4.99 Å². The van der Waals surface area contributed by atoms with E-state index in [2.05, 4.69) is 9.73 Å². The highest BCUT2D eigenvalue weighted by Gasteiger charge is 2.04. The molecule has 0 aliphatic rings. The fraction of sp³-hybridized carbons (Fsp3) is 0.700. The number of amides is 1. The first-order chi connectivity index (χ1) is 7.60. The molecule has 16 heavy (non-hydrogen) atoms. The van der Waals surface area contributed by atoms with Crippen LogP contribution in [-0.4, -0.2) is 36.1 Å². The van der Waals surface area contributed by atoms with Gasteiger partial charge in [-0.3, -0.25) is 4.79 Å². The first-order valence-electron chi connectivity index (χ1n) is 5.10. The van der Waals surface area contributed by atoms with Crippen LogP contribution in [0.4, 0.5) is 4.79 Å². The quantitative estimate of drug-likeness (QED) is 0.423. The molecule has 0 atom stereocenters. The first-order valence-corrected chi connectivity index (χ1v) is 6.09. The van der Waals surface area contributed by atoms with E-state index >= 15 is 0 Å². The smallest absolute Gasteiger partial charge is 0.434 e. The summed E-state index contributed by atoms with van der Waals surface area (Å²) in [4.78, 5) is 25.6. The Morgan fingerprint density at radius 1 is 1.19 bits per heavy atom. The van der Waals surface area contributed by atoms with Gasteiger partial charge < -0.3 is 9.47 Å². The fourth-order valence-electron chi connectivity index (χ4n) is 0.832. The standard InChI is InChI=1S/C10H17NO4S/c1-4-14-9(12)6-7-16-8(3)11-10(13)15-5-2/h4-7H2,1-3H3/b11-8+. The van der Waals surface area contributed by atoms with Crippen molar-refractivity contribution in [3.8, 4) is 0 Å². The van der Waals surface area contributed by atoms with E-state index in [0.29, 0.717) is 30.4 Å². The number of carbonyl (C=O) groups is 2. The summed E-state index contributed by atoms with van der Waals surface area (Å²) in [7, 11) is 0. The van der Waals surface area contributed by atoms with E-state index in [9.17, 15) is 9.59 Å². The second-order valence-corrected chi connectivity index (χ2v) is 4.02. The number of hydrogen-bond acceptors (Lipinski definition) is 5. The number of nitrogens with zero attached hydrogens (tertiary/aromatic N) is 1. The maximum Gasteiger partial charge on any atom is 0.434 e. The van der Waals surface area contributed by atoms with Crippen molar-refractivity contribution in [2.75, 3.05) is 19.0 Å². The lowest BCUT2D eigenvalue weighted by molar-refractivity contribution is -0.142. The zero-order chi connectivity index (χ0) is 12.4. The number of rotatable bonds is 5. The summed E-state index contributed by atoms with van der Waals surface area (Å²) >= 11 is 1.33.